The van der Waals surface area contributed by atoms with Gasteiger partial charge >= 0.3 is 5.97 Å². The fraction of sp³-hybridized carbons (Fsp3) is 0.923. The smallest absolute Gasteiger partial charge is 0.307 e. The largest absolute Gasteiger partial charge is 0.481 e. The van der Waals surface area contributed by atoms with E-state index in [-0.39, 0.29) is 12.0 Å². The number of piperidine rings is 1. The van der Waals surface area contributed by atoms with Gasteiger partial charge in [0.2, 0.25) is 0 Å². The Kier molecular flexibility index (Phi) is 4.95. The first kappa shape index (κ1) is 14.5. The van der Waals surface area contributed by atoms with Crippen LogP contribution < -0.4 is 5.32 Å². The highest BCUT2D eigenvalue weighted by Gasteiger charge is 2.30. The van der Waals surface area contributed by atoms with Crippen molar-refractivity contribution in [2.45, 2.75) is 39.7 Å². The topological polar surface area (TPSA) is 52.6 Å². The maximum Gasteiger partial charge on any atom is 0.307 e. The zero-order chi connectivity index (χ0) is 13.1. The average molecular weight is 242 g/mol. The van der Waals surface area contributed by atoms with E-state index in [0.717, 1.165) is 19.6 Å². The van der Waals surface area contributed by atoms with E-state index >= 15 is 0 Å². The lowest BCUT2D eigenvalue weighted by molar-refractivity contribution is -0.142. The molecule has 1 fully saturated rings. The molecule has 0 amide bonds. The first-order chi connectivity index (χ1) is 7.84. The zero-order valence-corrected chi connectivity index (χ0v) is 11.5. The van der Waals surface area contributed by atoms with E-state index in [1.54, 1.807) is 6.92 Å². The second kappa shape index (κ2) is 5.83. The van der Waals surface area contributed by atoms with Crippen molar-refractivity contribution in [2.24, 2.45) is 11.3 Å². The molecule has 4 heteroatoms. The molecular formula is C13H26N2O2. The Hall–Kier alpha value is -0.610. The van der Waals surface area contributed by atoms with Crippen molar-refractivity contribution < 1.29 is 9.90 Å². The number of likely N-dealkylation sites (tertiary alicyclic amines) is 1. The third kappa shape index (κ3) is 4.28. The van der Waals surface area contributed by atoms with Crippen LogP contribution in [-0.4, -0.2) is 48.7 Å². The van der Waals surface area contributed by atoms with E-state index in [4.69, 9.17) is 5.11 Å². The minimum absolute atomic E-state index is 0.0315. The second-order valence-electron chi connectivity index (χ2n) is 5.91. The highest BCUT2D eigenvalue weighted by Crippen LogP contribution is 2.29. The molecule has 4 nitrogen and oxygen atoms in total. The van der Waals surface area contributed by atoms with Crippen molar-refractivity contribution in [3.05, 3.63) is 0 Å². The quantitative estimate of drug-likeness (QED) is 0.765. The molecule has 0 aromatic carbocycles. The van der Waals surface area contributed by atoms with E-state index in [0.29, 0.717) is 5.41 Å². The highest BCUT2D eigenvalue weighted by molar-refractivity contribution is 5.70. The summed E-state index contributed by atoms with van der Waals surface area (Å²) in [5, 5.41) is 12.3. The summed E-state index contributed by atoms with van der Waals surface area (Å²) in [6.45, 7) is 9.21. The van der Waals surface area contributed by atoms with Crippen LogP contribution in [0.3, 0.4) is 0 Å². The first-order valence-electron chi connectivity index (χ1n) is 6.49. The molecule has 0 bridgehead atoms. The summed E-state index contributed by atoms with van der Waals surface area (Å²) >= 11 is 0. The number of hydrogen-bond donors (Lipinski definition) is 2. The van der Waals surface area contributed by atoms with Gasteiger partial charge in [0.15, 0.2) is 0 Å². The molecule has 0 saturated carbocycles. The van der Waals surface area contributed by atoms with Gasteiger partial charge in [0.1, 0.15) is 0 Å². The molecule has 1 saturated heterocycles. The number of carboxylic acid groups (broad SMARTS) is 1. The maximum atomic E-state index is 10.9. The van der Waals surface area contributed by atoms with Gasteiger partial charge < -0.3 is 15.3 Å². The fourth-order valence-electron chi connectivity index (χ4n) is 2.13. The Balaban J connectivity index is 2.37. The van der Waals surface area contributed by atoms with Crippen LogP contribution in [0.5, 0.6) is 0 Å². The predicted octanol–water partition coefficient (Wildman–Crippen LogP) is 1.42. The zero-order valence-electron chi connectivity index (χ0n) is 11.5. The summed E-state index contributed by atoms with van der Waals surface area (Å²) < 4.78 is 0. The molecule has 1 rings (SSSR count). The van der Waals surface area contributed by atoms with Gasteiger partial charge in [-0.05, 0) is 45.3 Å². The second-order valence-corrected chi connectivity index (χ2v) is 5.91. The highest BCUT2D eigenvalue weighted by atomic mass is 16.4. The number of carbonyl (C=O) groups is 1. The van der Waals surface area contributed by atoms with Crippen LogP contribution in [0.1, 0.15) is 33.6 Å². The van der Waals surface area contributed by atoms with Crippen molar-refractivity contribution in [3.63, 3.8) is 0 Å². The summed E-state index contributed by atoms with van der Waals surface area (Å²) in [5.74, 6) is -1.05. The third-order valence-electron chi connectivity index (χ3n) is 4.18. The van der Waals surface area contributed by atoms with Crippen molar-refractivity contribution in [1.82, 2.24) is 10.2 Å². The van der Waals surface area contributed by atoms with Gasteiger partial charge in [0, 0.05) is 12.6 Å². The normalized spacial score (nSPS) is 24.2. The maximum absolute atomic E-state index is 10.9. The van der Waals surface area contributed by atoms with Crippen LogP contribution >= 0.6 is 0 Å². The average Bonchev–Trinajstić information content (AvgIpc) is 2.29. The number of hydrogen-bond acceptors (Lipinski definition) is 3. The predicted molar refractivity (Wildman–Crippen MR) is 69.1 cm³/mol. The van der Waals surface area contributed by atoms with Gasteiger partial charge in [-0.3, -0.25) is 4.79 Å². The Bertz CT molecular complexity index is 260. The van der Waals surface area contributed by atoms with Crippen molar-refractivity contribution in [2.75, 3.05) is 26.7 Å². The summed E-state index contributed by atoms with van der Waals surface area (Å²) in [4.78, 5) is 13.2. The summed E-state index contributed by atoms with van der Waals surface area (Å²) in [6.07, 6.45) is 2.37. The van der Waals surface area contributed by atoms with Gasteiger partial charge in [-0.1, -0.05) is 13.8 Å². The van der Waals surface area contributed by atoms with Gasteiger partial charge in [-0.2, -0.15) is 0 Å². The Morgan fingerprint density at radius 1 is 1.41 bits per heavy atom. The molecule has 1 aliphatic rings. The lowest BCUT2D eigenvalue weighted by atomic mass is 9.80. The Labute approximate surface area is 104 Å². The third-order valence-corrected chi connectivity index (χ3v) is 4.18. The van der Waals surface area contributed by atoms with E-state index in [1.807, 2.05) is 6.92 Å². The van der Waals surface area contributed by atoms with E-state index in [2.05, 4.69) is 24.2 Å². The fourth-order valence-corrected chi connectivity index (χ4v) is 2.13. The van der Waals surface area contributed by atoms with Crippen LogP contribution in [0.15, 0.2) is 0 Å². The van der Waals surface area contributed by atoms with Crippen LogP contribution in [0.2, 0.25) is 0 Å². The summed E-state index contributed by atoms with van der Waals surface area (Å²) in [6, 6.07) is 0.0315. The van der Waals surface area contributed by atoms with Gasteiger partial charge in [0.05, 0.1) is 5.92 Å². The molecule has 2 unspecified atom stereocenters. The van der Waals surface area contributed by atoms with Gasteiger partial charge in [-0.15, -0.1) is 0 Å². The SMILES string of the molecule is CC(NCC1(C)CCN(C)CC1)C(C)C(=O)O. The molecule has 1 aliphatic heterocycles. The van der Waals surface area contributed by atoms with Crippen LogP contribution in [0.25, 0.3) is 0 Å². The molecule has 0 radical (unpaired) electrons. The minimum Gasteiger partial charge on any atom is -0.481 e. The molecule has 2 atom stereocenters. The lowest BCUT2D eigenvalue weighted by Crippen LogP contribution is -2.46. The molecular weight excluding hydrogens is 216 g/mol. The molecule has 0 aromatic rings. The molecule has 17 heavy (non-hydrogen) atoms. The molecule has 0 aromatic heterocycles. The molecule has 0 aliphatic carbocycles. The monoisotopic (exact) mass is 242 g/mol. The molecule has 2 N–H and O–H groups in total. The Morgan fingerprint density at radius 3 is 2.41 bits per heavy atom. The Morgan fingerprint density at radius 2 is 1.94 bits per heavy atom. The number of nitrogens with zero attached hydrogens (tertiary/aromatic N) is 1. The number of rotatable bonds is 5. The standard InChI is InChI=1S/C13H26N2O2/c1-10(12(16)17)11(2)14-9-13(3)5-7-15(4)8-6-13/h10-11,14H,5-9H2,1-4H3,(H,16,17). The van der Waals surface area contributed by atoms with Crippen LogP contribution in [-0.2, 0) is 4.79 Å². The van der Waals surface area contributed by atoms with Gasteiger partial charge in [0.25, 0.3) is 0 Å². The summed E-state index contributed by atoms with van der Waals surface area (Å²) in [7, 11) is 2.15. The van der Waals surface area contributed by atoms with Crippen molar-refractivity contribution >= 4 is 5.97 Å². The van der Waals surface area contributed by atoms with Gasteiger partial charge in [-0.25, -0.2) is 0 Å². The molecule has 100 valence electrons. The van der Waals surface area contributed by atoms with Crippen LogP contribution in [0, 0.1) is 11.3 Å². The van der Waals surface area contributed by atoms with Crippen molar-refractivity contribution in [3.8, 4) is 0 Å². The molecule has 1 heterocycles. The number of carboxylic acids is 1. The van der Waals surface area contributed by atoms with E-state index in [1.165, 1.54) is 12.8 Å². The first-order valence-corrected chi connectivity index (χ1v) is 6.49. The minimum atomic E-state index is -0.724. The summed E-state index contributed by atoms with van der Waals surface area (Å²) in [5.41, 5.74) is 0.318. The number of nitrogens with one attached hydrogen (secondary N) is 1. The van der Waals surface area contributed by atoms with E-state index in [9.17, 15) is 4.79 Å². The number of aliphatic carboxylic acids is 1. The van der Waals surface area contributed by atoms with Crippen molar-refractivity contribution in [1.29, 1.82) is 0 Å². The van der Waals surface area contributed by atoms with Crippen LogP contribution in [0.4, 0.5) is 0 Å². The van der Waals surface area contributed by atoms with E-state index < -0.39 is 5.97 Å². The molecule has 0 spiro atoms. The lowest BCUT2D eigenvalue weighted by Gasteiger charge is -2.39.